The van der Waals surface area contributed by atoms with E-state index >= 15 is 0 Å². The van der Waals surface area contributed by atoms with E-state index < -0.39 is 0 Å². The maximum absolute atomic E-state index is 3.82. The summed E-state index contributed by atoms with van der Waals surface area (Å²) in [5.41, 5.74) is 1.44. The molecule has 1 aliphatic carbocycles. The highest BCUT2D eigenvalue weighted by molar-refractivity contribution is 5.14. The van der Waals surface area contributed by atoms with Crippen LogP contribution < -0.4 is 5.32 Å². The molecule has 2 atom stereocenters. The lowest BCUT2D eigenvalue weighted by Gasteiger charge is -2.40. The number of hydrogen-bond donors (Lipinski definition) is 1. The van der Waals surface area contributed by atoms with E-state index in [-0.39, 0.29) is 0 Å². The van der Waals surface area contributed by atoms with Gasteiger partial charge in [0.05, 0.1) is 0 Å². The van der Waals surface area contributed by atoms with Gasteiger partial charge in [0.2, 0.25) is 0 Å². The lowest BCUT2D eigenvalue weighted by molar-refractivity contribution is 0.115. The van der Waals surface area contributed by atoms with Crippen LogP contribution in [-0.2, 0) is 6.54 Å². The molecular formula is C16H24N2. The van der Waals surface area contributed by atoms with Crippen molar-refractivity contribution in [1.29, 1.82) is 0 Å². The quantitative estimate of drug-likeness (QED) is 0.876. The summed E-state index contributed by atoms with van der Waals surface area (Å²) < 4.78 is 0. The average Bonchev–Trinajstić information content (AvgIpc) is 3.20. The summed E-state index contributed by atoms with van der Waals surface area (Å²) in [6.07, 6.45) is 5.47. The van der Waals surface area contributed by atoms with Gasteiger partial charge < -0.3 is 5.32 Å². The minimum atomic E-state index is 0.666. The van der Waals surface area contributed by atoms with E-state index in [1.165, 1.54) is 37.8 Å². The molecule has 2 heteroatoms. The highest BCUT2D eigenvalue weighted by Gasteiger charge is 2.32. The molecule has 0 amide bonds. The molecule has 3 rings (SSSR count). The second-order valence-electron chi connectivity index (χ2n) is 5.89. The third kappa shape index (κ3) is 2.93. The first-order valence-corrected chi connectivity index (χ1v) is 7.37. The summed E-state index contributed by atoms with van der Waals surface area (Å²) in [4.78, 5) is 2.64. The van der Waals surface area contributed by atoms with E-state index in [9.17, 15) is 0 Å². The largest absolute Gasteiger partial charge is 0.310 e. The third-order valence-corrected chi connectivity index (χ3v) is 4.37. The lowest BCUT2D eigenvalue weighted by Crippen LogP contribution is -2.52. The van der Waals surface area contributed by atoms with Crippen molar-refractivity contribution in [1.82, 2.24) is 10.2 Å². The van der Waals surface area contributed by atoms with E-state index in [1.807, 2.05) is 0 Å². The smallest absolute Gasteiger partial charge is 0.0237 e. The number of nitrogens with zero attached hydrogens (tertiary/aromatic N) is 1. The molecule has 2 aliphatic rings. The maximum atomic E-state index is 3.82. The zero-order valence-electron chi connectivity index (χ0n) is 11.3. The normalized spacial score (nSPS) is 29.4. The van der Waals surface area contributed by atoms with Crippen molar-refractivity contribution in [3.63, 3.8) is 0 Å². The van der Waals surface area contributed by atoms with Gasteiger partial charge in [-0.25, -0.2) is 0 Å². The average molecular weight is 244 g/mol. The fourth-order valence-electron chi connectivity index (χ4n) is 3.03. The first kappa shape index (κ1) is 12.2. The second-order valence-corrected chi connectivity index (χ2v) is 5.89. The van der Waals surface area contributed by atoms with Crippen LogP contribution in [0.2, 0.25) is 0 Å². The number of likely N-dealkylation sites (tertiary alicyclic amines) is 1. The van der Waals surface area contributed by atoms with Crippen molar-refractivity contribution < 1.29 is 0 Å². The minimum absolute atomic E-state index is 0.666. The van der Waals surface area contributed by atoms with Crippen LogP contribution in [0.3, 0.4) is 0 Å². The summed E-state index contributed by atoms with van der Waals surface area (Å²) in [6, 6.07) is 13.1. The molecule has 98 valence electrons. The molecule has 1 aliphatic heterocycles. The first-order valence-electron chi connectivity index (χ1n) is 7.37. The number of piperidine rings is 1. The first-order chi connectivity index (χ1) is 8.83. The molecule has 2 nitrogen and oxygen atoms in total. The summed E-state index contributed by atoms with van der Waals surface area (Å²) in [5, 5.41) is 3.82. The van der Waals surface area contributed by atoms with E-state index in [0.29, 0.717) is 12.1 Å². The van der Waals surface area contributed by atoms with Crippen molar-refractivity contribution in [2.75, 3.05) is 6.54 Å². The molecule has 0 aromatic heterocycles. The van der Waals surface area contributed by atoms with Crippen LogP contribution in [0.15, 0.2) is 30.3 Å². The van der Waals surface area contributed by atoms with Gasteiger partial charge in [-0.3, -0.25) is 4.90 Å². The molecule has 2 unspecified atom stereocenters. The van der Waals surface area contributed by atoms with Crippen molar-refractivity contribution in [2.24, 2.45) is 0 Å². The Morgan fingerprint density at radius 2 is 1.94 bits per heavy atom. The predicted molar refractivity (Wildman–Crippen MR) is 75.5 cm³/mol. The maximum Gasteiger partial charge on any atom is 0.0237 e. The van der Waals surface area contributed by atoms with Crippen molar-refractivity contribution in [2.45, 2.75) is 57.3 Å². The van der Waals surface area contributed by atoms with Gasteiger partial charge in [-0.15, -0.1) is 0 Å². The Hall–Kier alpha value is -0.860. The van der Waals surface area contributed by atoms with E-state index in [2.05, 4.69) is 47.5 Å². The molecule has 1 aromatic rings. The van der Waals surface area contributed by atoms with Crippen molar-refractivity contribution in [3.05, 3.63) is 35.9 Å². The minimum Gasteiger partial charge on any atom is -0.310 e. The lowest BCUT2D eigenvalue weighted by atomic mass is 9.96. The molecule has 18 heavy (non-hydrogen) atoms. The van der Waals surface area contributed by atoms with Crippen molar-refractivity contribution >= 4 is 0 Å². The van der Waals surface area contributed by atoms with Crippen LogP contribution >= 0.6 is 0 Å². The van der Waals surface area contributed by atoms with Crippen LogP contribution in [-0.4, -0.2) is 29.6 Å². The fraction of sp³-hybridized carbons (Fsp3) is 0.625. The Morgan fingerprint density at radius 1 is 1.17 bits per heavy atom. The van der Waals surface area contributed by atoms with E-state index in [0.717, 1.165) is 12.6 Å². The Labute approximate surface area is 110 Å². The molecule has 1 N–H and O–H groups in total. The van der Waals surface area contributed by atoms with Gasteiger partial charge >= 0.3 is 0 Å². The molecule has 1 saturated carbocycles. The summed E-state index contributed by atoms with van der Waals surface area (Å²) in [7, 11) is 0. The molecule has 1 aromatic carbocycles. The Balaban J connectivity index is 1.60. The van der Waals surface area contributed by atoms with Gasteiger partial charge in [0, 0.05) is 24.7 Å². The predicted octanol–water partition coefficient (Wildman–Crippen LogP) is 2.79. The number of benzene rings is 1. The topological polar surface area (TPSA) is 15.3 Å². The van der Waals surface area contributed by atoms with Gasteiger partial charge in [0.25, 0.3) is 0 Å². The van der Waals surface area contributed by atoms with Crippen LogP contribution in [0.25, 0.3) is 0 Å². The van der Waals surface area contributed by atoms with Crippen LogP contribution in [0, 0.1) is 0 Å². The molecular weight excluding hydrogens is 220 g/mol. The summed E-state index contributed by atoms with van der Waals surface area (Å²) in [5.74, 6) is 0. The standard InChI is InChI=1S/C16H24N2/c1-13-16(17-15-9-10-15)8-5-11-18(13)12-14-6-3-2-4-7-14/h2-4,6-7,13,15-17H,5,8-12H2,1H3. The zero-order valence-corrected chi connectivity index (χ0v) is 11.3. The Bertz CT molecular complexity index is 372. The van der Waals surface area contributed by atoms with Gasteiger partial charge in [-0.05, 0) is 44.7 Å². The molecule has 1 heterocycles. The van der Waals surface area contributed by atoms with Crippen LogP contribution in [0.5, 0.6) is 0 Å². The van der Waals surface area contributed by atoms with Gasteiger partial charge in [0.15, 0.2) is 0 Å². The molecule has 0 bridgehead atoms. The monoisotopic (exact) mass is 244 g/mol. The number of hydrogen-bond acceptors (Lipinski definition) is 2. The fourth-order valence-corrected chi connectivity index (χ4v) is 3.03. The number of rotatable bonds is 4. The summed E-state index contributed by atoms with van der Waals surface area (Å²) in [6.45, 7) is 4.74. The molecule has 0 spiro atoms. The highest BCUT2D eigenvalue weighted by atomic mass is 15.2. The van der Waals surface area contributed by atoms with Crippen LogP contribution in [0.4, 0.5) is 0 Å². The van der Waals surface area contributed by atoms with Gasteiger partial charge in [0.1, 0.15) is 0 Å². The SMILES string of the molecule is CC1C(NC2CC2)CCCN1Cc1ccccc1. The van der Waals surface area contributed by atoms with E-state index in [4.69, 9.17) is 0 Å². The Kier molecular flexibility index (Phi) is 3.67. The highest BCUT2D eigenvalue weighted by Crippen LogP contribution is 2.25. The van der Waals surface area contributed by atoms with E-state index in [1.54, 1.807) is 0 Å². The van der Waals surface area contributed by atoms with Gasteiger partial charge in [-0.1, -0.05) is 30.3 Å². The summed E-state index contributed by atoms with van der Waals surface area (Å²) >= 11 is 0. The van der Waals surface area contributed by atoms with Crippen LogP contribution in [0.1, 0.15) is 38.2 Å². The molecule has 1 saturated heterocycles. The Morgan fingerprint density at radius 3 is 2.67 bits per heavy atom. The molecule has 0 radical (unpaired) electrons. The number of nitrogens with one attached hydrogen (secondary N) is 1. The van der Waals surface area contributed by atoms with Crippen molar-refractivity contribution in [3.8, 4) is 0 Å². The zero-order chi connectivity index (χ0) is 12.4. The van der Waals surface area contributed by atoms with Gasteiger partial charge in [-0.2, -0.15) is 0 Å². The second kappa shape index (κ2) is 5.41. The molecule has 2 fully saturated rings. The third-order valence-electron chi connectivity index (χ3n) is 4.37.